The van der Waals surface area contributed by atoms with Crippen LogP contribution in [-0.2, 0) is 18.3 Å². The van der Waals surface area contributed by atoms with Crippen LogP contribution in [0.15, 0.2) is 446 Å². The van der Waals surface area contributed by atoms with Crippen molar-refractivity contribution in [1.29, 1.82) is 0 Å². The quantitative estimate of drug-likeness (QED) is 0.137. The van der Waals surface area contributed by atoms with Crippen LogP contribution >= 0.6 is 0 Å². The molecule has 26 rings (SSSR count). The van der Waals surface area contributed by atoms with Crippen LogP contribution in [0.4, 0.5) is 34.1 Å². The zero-order valence-corrected chi connectivity index (χ0v) is 68.2. The Balaban J connectivity index is 0.753. The largest absolute Gasteiger partial charge is 0.454 e. The summed E-state index contributed by atoms with van der Waals surface area (Å²) in [6.07, 6.45) is 1.24. The van der Waals surface area contributed by atoms with Gasteiger partial charge in [0.05, 0.1) is 16.8 Å². The molecule has 23 aromatic rings. The molecule has 3 aliphatic carbocycles. The number of anilines is 6. The number of furan rings is 2. The van der Waals surface area contributed by atoms with Gasteiger partial charge in [0, 0.05) is 44.3 Å². The Morgan fingerprint density at radius 2 is 0.520 bits per heavy atom. The summed E-state index contributed by atoms with van der Waals surface area (Å²) in [7, 11) is 0. The lowest BCUT2D eigenvalue weighted by Gasteiger charge is -2.33. The summed E-state index contributed by atoms with van der Waals surface area (Å²) in [4.78, 5) is 4.94. The number of para-hydroxylation sites is 2. The van der Waals surface area contributed by atoms with E-state index >= 15 is 0 Å². The molecule has 0 amide bonds. The molecular formula is C121H76N2O2. The van der Waals surface area contributed by atoms with Gasteiger partial charge in [-0.3, -0.25) is 0 Å². The first-order chi connectivity index (χ1) is 62.0. The fourth-order valence-electron chi connectivity index (χ4n) is 21.9. The maximum absolute atomic E-state index is 7.78. The van der Waals surface area contributed by atoms with Crippen molar-refractivity contribution in [2.24, 2.45) is 0 Å². The summed E-state index contributed by atoms with van der Waals surface area (Å²) in [5, 5.41) is 14.0. The van der Waals surface area contributed by atoms with E-state index in [1.807, 2.05) is 0 Å². The van der Waals surface area contributed by atoms with Crippen molar-refractivity contribution in [3.05, 3.63) is 481 Å². The van der Waals surface area contributed by atoms with Gasteiger partial charge in [-0.25, -0.2) is 0 Å². The average Bonchev–Trinajstić information content (AvgIpc) is 1.49. The molecular weight excluding hydrogens is 1510 g/mol. The Morgan fingerprint density at radius 3 is 0.936 bits per heavy atom. The van der Waals surface area contributed by atoms with Gasteiger partial charge in [0.1, 0.15) is 11.2 Å². The first-order valence-corrected chi connectivity index (χ1v) is 43.4. The highest BCUT2D eigenvalue weighted by atomic mass is 16.3. The average molecular weight is 1590 g/mol. The van der Waals surface area contributed by atoms with Gasteiger partial charge in [0.25, 0.3) is 0 Å². The Bertz CT molecular complexity index is 8100. The van der Waals surface area contributed by atoms with Gasteiger partial charge in [-0.1, -0.05) is 352 Å². The van der Waals surface area contributed by atoms with Crippen LogP contribution in [0.3, 0.4) is 0 Å². The van der Waals surface area contributed by atoms with E-state index in [1.165, 1.54) is 149 Å². The standard InChI is InChI=1S/C121H76N2O2/c1-7-35-91-75(25-1)31-21-45-95(91)79-53-61-87(62-54-79)122(88-63-55-80(56-64-88)96-46-22-32-76-26-2-8-36-92(76)96)111-72-86-70-84-30-6-12-40-100(84)99-39-11-5-29-83(99)69-85-71-106-109(73-105(85)115(86)117-103-43-15-19-51-113(103)124-119(111)117)121(107-49-17-13-41-101(107)102-42-14-18-50-108(102)121)110-74-112(120-118(116(106)110)104-44-16-20-52-114(104)125-120)123(89-65-57-81(58-66-89)97-47-23-33-77-27-3-9-37-93(77)97)90-67-59-82(60-68-90)98-48-24-34-78-28-4-10-38-94(78)98/h1-68,71-74H,69-70H2. The SMILES string of the molecule is c1ccc2c(c1)Cc1cc3c(cc1-c1c(cc(N(c4ccc(-c5cccc6ccccc56)cc4)c4ccc(-c5cccc6ccccc56)cc4)c4oc5ccccc5c14)Cc1ccccc1-2)C1(c2ccccc2-c2ccccc21)c1cc(N(c2ccc(-c4cccc5ccccc45)cc2)c2ccc(-c4cccc5ccccc45)cc2)c2oc4ccccc4c2c1-3. The molecule has 0 fully saturated rings. The van der Waals surface area contributed by atoms with E-state index in [9.17, 15) is 0 Å². The highest BCUT2D eigenvalue weighted by Crippen LogP contribution is 2.67. The maximum atomic E-state index is 7.78. The zero-order valence-electron chi connectivity index (χ0n) is 68.2. The second-order valence-electron chi connectivity index (χ2n) is 33.9. The fourth-order valence-corrected chi connectivity index (χ4v) is 21.9. The predicted molar refractivity (Wildman–Crippen MR) is 521 cm³/mol. The van der Waals surface area contributed by atoms with Gasteiger partial charge >= 0.3 is 0 Å². The molecule has 1 spiro atoms. The van der Waals surface area contributed by atoms with Crippen LogP contribution in [-0.4, -0.2) is 0 Å². The lowest BCUT2D eigenvalue weighted by molar-refractivity contribution is 0.668. The van der Waals surface area contributed by atoms with E-state index < -0.39 is 5.41 Å². The van der Waals surface area contributed by atoms with E-state index in [0.29, 0.717) is 12.8 Å². The molecule has 0 bridgehead atoms. The van der Waals surface area contributed by atoms with E-state index in [1.54, 1.807) is 0 Å². The highest BCUT2D eigenvalue weighted by molar-refractivity contribution is 6.23. The third kappa shape index (κ3) is 10.8. The second kappa shape index (κ2) is 28.0. The Kier molecular flexibility index (Phi) is 15.8. The molecule has 21 aromatic carbocycles. The lowest BCUT2D eigenvalue weighted by Crippen LogP contribution is -2.26. The predicted octanol–water partition coefficient (Wildman–Crippen LogP) is 32.9. The highest BCUT2D eigenvalue weighted by Gasteiger charge is 2.54. The molecule has 3 aliphatic rings. The van der Waals surface area contributed by atoms with Gasteiger partial charge in [-0.15, -0.1) is 0 Å². The Labute approximate surface area is 723 Å². The third-order valence-electron chi connectivity index (χ3n) is 27.4. The van der Waals surface area contributed by atoms with Crippen LogP contribution < -0.4 is 9.80 Å². The first-order valence-electron chi connectivity index (χ1n) is 43.4. The minimum atomic E-state index is -0.888. The molecule has 2 heterocycles. The maximum Gasteiger partial charge on any atom is 0.160 e. The van der Waals surface area contributed by atoms with Crippen molar-refractivity contribution >= 4 is 121 Å². The topological polar surface area (TPSA) is 32.8 Å². The van der Waals surface area contributed by atoms with Crippen LogP contribution in [0.25, 0.3) is 176 Å². The molecule has 4 nitrogen and oxygen atoms in total. The van der Waals surface area contributed by atoms with Crippen molar-refractivity contribution in [1.82, 2.24) is 0 Å². The van der Waals surface area contributed by atoms with E-state index in [-0.39, 0.29) is 0 Å². The molecule has 125 heavy (non-hydrogen) atoms. The second-order valence-corrected chi connectivity index (χ2v) is 33.9. The van der Waals surface area contributed by atoms with Crippen molar-refractivity contribution in [2.45, 2.75) is 18.3 Å². The van der Waals surface area contributed by atoms with Gasteiger partial charge in [0.2, 0.25) is 0 Å². The van der Waals surface area contributed by atoms with Gasteiger partial charge in [-0.2, -0.15) is 0 Å². The number of nitrogens with zero attached hydrogens (tertiary/aromatic N) is 2. The summed E-state index contributed by atoms with van der Waals surface area (Å²) in [6, 6.07) is 163. The van der Waals surface area contributed by atoms with Gasteiger partial charge < -0.3 is 18.6 Å². The molecule has 0 atom stereocenters. The first kappa shape index (κ1) is 70.7. The molecule has 0 saturated heterocycles. The minimum Gasteiger partial charge on any atom is -0.454 e. The molecule has 0 radical (unpaired) electrons. The lowest BCUT2D eigenvalue weighted by atomic mass is 9.69. The molecule has 582 valence electrons. The van der Waals surface area contributed by atoms with Crippen LogP contribution in [0.1, 0.15) is 44.5 Å². The fraction of sp³-hybridized carbons (Fsp3) is 0.0248. The molecule has 0 N–H and O–H groups in total. The summed E-state index contributed by atoms with van der Waals surface area (Å²) in [5.74, 6) is 0. The Hall–Kier alpha value is -16.1. The molecule has 0 aliphatic heterocycles. The monoisotopic (exact) mass is 1590 g/mol. The van der Waals surface area contributed by atoms with Crippen LogP contribution in [0, 0.1) is 0 Å². The van der Waals surface area contributed by atoms with Crippen molar-refractivity contribution in [3.8, 4) is 89.0 Å². The van der Waals surface area contributed by atoms with Crippen molar-refractivity contribution in [3.63, 3.8) is 0 Å². The summed E-state index contributed by atoms with van der Waals surface area (Å²) in [6.45, 7) is 0. The number of fused-ring (bicyclic) bond motifs is 28. The summed E-state index contributed by atoms with van der Waals surface area (Å²) in [5.41, 5.74) is 37.0. The molecule has 0 saturated carbocycles. The van der Waals surface area contributed by atoms with E-state index in [0.717, 1.165) is 106 Å². The minimum absolute atomic E-state index is 0.608. The zero-order chi connectivity index (χ0) is 82.0. The third-order valence-corrected chi connectivity index (χ3v) is 27.4. The smallest absolute Gasteiger partial charge is 0.160 e. The summed E-state index contributed by atoms with van der Waals surface area (Å²) < 4.78 is 15.5. The Morgan fingerprint density at radius 1 is 0.200 bits per heavy atom. The number of rotatable bonds is 10. The number of hydrogen-bond donors (Lipinski definition) is 0. The van der Waals surface area contributed by atoms with Crippen LogP contribution in [0.2, 0.25) is 0 Å². The molecule has 0 unspecified atom stereocenters. The van der Waals surface area contributed by atoms with Crippen molar-refractivity contribution in [2.75, 3.05) is 9.80 Å². The summed E-state index contributed by atoms with van der Waals surface area (Å²) >= 11 is 0. The van der Waals surface area contributed by atoms with Crippen molar-refractivity contribution < 1.29 is 8.83 Å². The van der Waals surface area contributed by atoms with Crippen LogP contribution in [0.5, 0.6) is 0 Å². The normalized spacial score (nSPS) is 12.8. The van der Waals surface area contributed by atoms with E-state index in [4.69, 9.17) is 8.83 Å². The molecule has 2 aromatic heterocycles. The number of hydrogen-bond acceptors (Lipinski definition) is 4. The molecule has 4 heteroatoms. The van der Waals surface area contributed by atoms with Gasteiger partial charge in [-0.05, 0) is 274 Å². The number of benzene rings is 21. The van der Waals surface area contributed by atoms with E-state index in [2.05, 4.69) is 447 Å². The van der Waals surface area contributed by atoms with Gasteiger partial charge in [0.15, 0.2) is 11.2 Å².